The van der Waals surface area contributed by atoms with Gasteiger partial charge in [-0.25, -0.2) is 0 Å². The number of nitrogens with zero attached hydrogens (tertiary/aromatic N) is 1. The summed E-state index contributed by atoms with van der Waals surface area (Å²) >= 11 is 0. The third kappa shape index (κ3) is 9.86. The van der Waals surface area contributed by atoms with Crippen molar-refractivity contribution in [3.63, 3.8) is 0 Å². The van der Waals surface area contributed by atoms with E-state index in [-0.39, 0.29) is 31.1 Å². The highest BCUT2D eigenvalue weighted by molar-refractivity contribution is 5.76. The number of ether oxygens (including phenoxy) is 2. The van der Waals surface area contributed by atoms with Gasteiger partial charge in [-0.2, -0.15) is 0 Å². The summed E-state index contributed by atoms with van der Waals surface area (Å²) < 4.78 is 12.9. The Morgan fingerprint density at radius 1 is 0.953 bits per heavy atom. The first kappa shape index (κ1) is 32.1. The minimum Gasteiger partial charge on any atom is -0.481 e. The van der Waals surface area contributed by atoms with E-state index in [0.29, 0.717) is 25.8 Å². The zero-order valence-corrected chi connectivity index (χ0v) is 24.8. The lowest BCUT2D eigenvalue weighted by atomic mass is 9.99. The van der Waals surface area contributed by atoms with Crippen LogP contribution in [0, 0.1) is 0 Å². The van der Waals surface area contributed by atoms with E-state index in [2.05, 4.69) is 42.0 Å². The third-order valence-electron chi connectivity index (χ3n) is 7.55. The molecule has 3 aromatic carbocycles. The van der Waals surface area contributed by atoms with Gasteiger partial charge in [0.25, 0.3) is 0 Å². The molecule has 1 saturated heterocycles. The lowest BCUT2D eigenvalue weighted by Crippen LogP contribution is -2.37. The van der Waals surface area contributed by atoms with E-state index < -0.39 is 12.3 Å². The Morgan fingerprint density at radius 2 is 1.67 bits per heavy atom. The zero-order chi connectivity index (χ0) is 30.6. The van der Waals surface area contributed by atoms with Crippen LogP contribution in [0.2, 0.25) is 0 Å². The summed E-state index contributed by atoms with van der Waals surface area (Å²) in [6.45, 7) is 5.79. The van der Waals surface area contributed by atoms with Gasteiger partial charge < -0.3 is 29.9 Å². The van der Waals surface area contributed by atoms with Gasteiger partial charge >= 0.3 is 5.97 Å². The van der Waals surface area contributed by atoms with Crippen molar-refractivity contribution in [3.8, 4) is 11.1 Å². The molecule has 8 nitrogen and oxygen atoms in total. The molecule has 228 valence electrons. The van der Waals surface area contributed by atoms with Gasteiger partial charge in [-0.1, -0.05) is 72.8 Å². The minimum atomic E-state index is -0.838. The molecule has 1 fully saturated rings. The first-order valence-electron chi connectivity index (χ1n) is 14.8. The summed E-state index contributed by atoms with van der Waals surface area (Å²) in [5.41, 5.74) is 5.92. The van der Waals surface area contributed by atoms with Crippen molar-refractivity contribution in [1.29, 1.82) is 0 Å². The fourth-order valence-electron chi connectivity index (χ4n) is 5.22. The largest absolute Gasteiger partial charge is 0.481 e. The van der Waals surface area contributed by atoms with Gasteiger partial charge in [-0.15, -0.1) is 6.58 Å². The van der Waals surface area contributed by atoms with Crippen molar-refractivity contribution >= 4 is 11.9 Å². The maximum atomic E-state index is 12.2. The molecule has 3 atom stereocenters. The summed E-state index contributed by atoms with van der Waals surface area (Å²) in [5.74, 6) is -0.918. The third-order valence-corrected chi connectivity index (χ3v) is 7.55. The molecule has 0 spiro atoms. The Balaban J connectivity index is 1.41. The van der Waals surface area contributed by atoms with Crippen LogP contribution in [0.4, 0.5) is 0 Å². The van der Waals surface area contributed by atoms with E-state index in [0.717, 1.165) is 52.9 Å². The average molecular weight is 587 g/mol. The smallest absolute Gasteiger partial charge is 0.303 e. The summed E-state index contributed by atoms with van der Waals surface area (Å²) in [7, 11) is 2.05. The number of aliphatic hydroxyl groups is 1. The highest BCUT2D eigenvalue weighted by atomic mass is 16.7. The molecule has 3 aromatic rings. The van der Waals surface area contributed by atoms with Crippen LogP contribution in [0.3, 0.4) is 0 Å². The molecule has 43 heavy (non-hydrogen) atoms. The van der Waals surface area contributed by atoms with E-state index in [1.165, 1.54) is 0 Å². The molecule has 0 aliphatic carbocycles. The number of hydrogen-bond acceptors (Lipinski definition) is 6. The molecule has 1 heterocycles. The van der Waals surface area contributed by atoms with Gasteiger partial charge in [0, 0.05) is 44.5 Å². The number of carbonyl (C=O) groups excluding carboxylic acids is 1. The highest BCUT2D eigenvalue weighted by Gasteiger charge is 2.32. The van der Waals surface area contributed by atoms with Gasteiger partial charge in [-0.05, 0) is 53.8 Å². The number of carboxylic acid groups (broad SMARTS) is 1. The predicted molar refractivity (Wildman–Crippen MR) is 166 cm³/mol. The van der Waals surface area contributed by atoms with Crippen molar-refractivity contribution < 1.29 is 29.3 Å². The maximum absolute atomic E-state index is 12.2. The van der Waals surface area contributed by atoms with Crippen LogP contribution >= 0.6 is 0 Å². The standard InChI is InChI=1S/C35H42N2O6/c1-3-19-37(2)23-31-21-32(28-13-11-25(24-38)12-14-28)43-35(42-31)29-17-15-27(16-18-29)30-8-6-7-26(20-30)22-36-33(39)9-4-5-10-34(40)41/h3,6-8,11-18,20,31-32,35,38H,1,4-5,9-10,19,21-24H2,2H3,(H,36,39)(H,40,41). The molecule has 8 heteroatoms. The van der Waals surface area contributed by atoms with E-state index in [1.54, 1.807) is 0 Å². The Hall–Kier alpha value is -3.82. The van der Waals surface area contributed by atoms with E-state index in [1.807, 2.05) is 60.7 Å². The summed E-state index contributed by atoms with van der Waals surface area (Å²) in [6, 6.07) is 24.1. The van der Waals surface area contributed by atoms with E-state index in [4.69, 9.17) is 14.6 Å². The van der Waals surface area contributed by atoms with Gasteiger partial charge in [0.05, 0.1) is 18.8 Å². The molecule has 1 aliphatic heterocycles. The molecule has 3 N–H and O–H groups in total. The Labute approximate surface area is 254 Å². The second-order valence-electron chi connectivity index (χ2n) is 11.1. The number of carboxylic acids is 1. The first-order chi connectivity index (χ1) is 20.8. The second kappa shape index (κ2) is 16.1. The number of likely N-dealkylation sites (N-methyl/N-ethyl adjacent to an activating group) is 1. The lowest BCUT2D eigenvalue weighted by Gasteiger charge is -2.37. The number of hydrogen-bond donors (Lipinski definition) is 3. The molecule has 0 saturated carbocycles. The van der Waals surface area contributed by atoms with Crippen molar-refractivity contribution in [2.45, 2.75) is 63.8 Å². The summed E-state index contributed by atoms with van der Waals surface area (Å²) in [6.07, 6.45) is 3.37. The normalized spacial score (nSPS) is 18.3. The van der Waals surface area contributed by atoms with Gasteiger partial charge in [-0.3, -0.25) is 9.59 Å². The Morgan fingerprint density at radius 3 is 2.37 bits per heavy atom. The predicted octanol–water partition coefficient (Wildman–Crippen LogP) is 5.77. The molecule has 1 amide bonds. The number of rotatable bonds is 15. The minimum absolute atomic E-state index is 0.00654. The number of unbranched alkanes of at least 4 members (excludes halogenated alkanes) is 1. The molecule has 3 unspecified atom stereocenters. The summed E-state index contributed by atoms with van der Waals surface area (Å²) in [5, 5.41) is 21.1. The molecule has 0 bridgehead atoms. The Bertz CT molecular complexity index is 1340. The van der Waals surface area contributed by atoms with Gasteiger partial charge in [0.2, 0.25) is 5.91 Å². The molecule has 1 aliphatic rings. The van der Waals surface area contributed by atoms with Crippen LogP contribution in [0.5, 0.6) is 0 Å². The van der Waals surface area contributed by atoms with Crippen LogP contribution in [0.15, 0.2) is 85.5 Å². The Kier molecular flexibility index (Phi) is 12.1. The highest BCUT2D eigenvalue weighted by Crippen LogP contribution is 2.38. The number of carbonyl (C=O) groups is 2. The SMILES string of the molecule is C=CCN(C)CC1CC(c2ccc(CO)cc2)OC(c2ccc(-c3cccc(CNC(=O)CCCCC(=O)O)c3)cc2)O1. The quantitative estimate of drug-likeness (QED) is 0.153. The lowest BCUT2D eigenvalue weighted by molar-refractivity contribution is -0.252. The van der Waals surface area contributed by atoms with Crippen LogP contribution in [-0.2, 0) is 32.2 Å². The molecule has 4 rings (SSSR count). The molecular formula is C35H42N2O6. The number of aliphatic carboxylic acids is 1. The van der Waals surface area contributed by atoms with Crippen LogP contribution in [0.25, 0.3) is 11.1 Å². The van der Waals surface area contributed by atoms with Crippen LogP contribution in [-0.4, -0.2) is 53.2 Å². The molecular weight excluding hydrogens is 544 g/mol. The number of aliphatic hydroxyl groups excluding tert-OH is 1. The van der Waals surface area contributed by atoms with Crippen molar-refractivity contribution in [1.82, 2.24) is 10.2 Å². The topological polar surface area (TPSA) is 108 Å². The molecule has 0 aromatic heterocycles. The molecule has 0 radical (unpaired) electrons. The second-order valence-corrected chi connectivity index (χ2v) is 11.1. The van der Waals surface area contributed by atoms with Gasteiger partial charge in [0.1, 0.15) is 0 Å². The summed E-state index contributed by atoms with van der Waals surface area (Å²) in [4.78, 5) is 25.0. The fraction of sp³-hybridized carbons (Fsp3) is 0.371. The van der Waals surface area contributed by atoms with Crippen molar-refractivity contribution in [2.75, 3.05) is 20.1 Å². The average Bonchev–Trinajstić information content (AvgIpc) is 3.02. The van der Waals surface area contributed by atoms with Crippen LogP contribution < -0.4 is 5.32 Å². The maximum Gasteiger partial charge on any atom is 0.303 e. The van der Waals surface area contributed by atoms with Crippen LogP contribution in [0.1, 0.15) is 66.8 Å². The number of nitrogens with one attached hydrogen (secondary N) is 1. The first-order valence-corrected chi connectivity index (χ1v) is 14.8. The fourth-order valence-corrected chi connectivity index (χ4v) is 5.22. The number of benzene rings is 3. The van der Waals surface area contributed by atoms with E-state index >= 15 is 0 Å². The van der Waals surface area contributed by atoms with Crippen molar-refractivity contribution in [2.24, 2.45) is 0 Å². The number of amides is 1. The van der Waals surface area contributed by atoms with E-state index in [9.17, 15) is 14.7 Å². The van der Waals surface area contributed by atoms with Gasteiger partial charge in [0.15, 0.2) is 6.29 Å². The monoisotopic (exact) mass is 586 g/mol. The zero-order valence-electron chi connectivity index (χ0n) is 24.8. The van der Waals surface area contributed by atoms with Crippen molar-refractivity contribution in [3.05, 3.63) is 108 Å².